The molecule has 0 spiro atoms. The number of nitrogens with one attached hydrogen (secondary N) is 1. The Balaban J connectivity index is 1.53. The molecular formula is C20H28N6O. The smallest absolute Gasteiger partial charge is 0.267 e. The molecule has 0 amide bonds. The fourth-order valence-electron chi connectivity index (χ4n) is 4.18. The van der Waals surface area contributed by atoms with Gasteiger partial charge in [0.25, 0.3) is 5.56 Å². The van der Waals surface area contributed by atoms with Gasteiger partial charge in [-0.2, -0.15) is 5.10 Å². The molecule has 4 rings (SSSR count). The molecule has 0 bridgehead atoms. The summed E-state index contributed by atoms with van der Waals surface area (Å²) in [5, 5.41) is 8.21. The van der Waals surface area contributed by atoms with Gasteiger partial charge in [0.15, 0.2) is 0 Å². The van der Waals surface area contributed by atoms with Crippen LogP contribution in [0.3, 0.4) is 0 Å². The summed E-state index contributed by atoms with van der Waals surface area (Å²) in [6.07, 6.45) is 8.44. The summed E-state index contributed by atoms with van der Waals surface area (Å²) in [5.74, 6) is 1.88. The summed E-state index contributed by atoms with van der Waals surface area (Å²) in [6, 6.07) is 3.90. The fourth-order valence-corrected chi connectivity index (χ4v) is 4.18. The highest BCUT2D eigenvalue weighted by atomic mass is 16.1. The van der Waals surface area contributed by atoms with Crippen molar-refractivity contribution in [3.63, 3.8) is 0 Å². The van der Waals surface area contributed by atoms with E-state index in [0.717, 1.165) is 50.4 Å². The van der Waals surface area contributed by atoms with E-state index < -0.39 is 0 Å². The van der Waals surface area contributed by atoms with E-state index >= 15 is 0 Å². The van der Waals surface area contributed by atoms with Crippen molar-refractivity contribution in [2.24, 2.45) is 0 Å². The van der Waals surface area contributed by atoms with Crippen LogP contribution in [-0.2, 0) is 12.8 Å². The minimum absolute atomic E-state index is 0.0445. The zero-order chi connectivity index (χ0) is 18.8. The van der Waals surface area contributed by atoms with Crippen molar-refractivity contribution in [3.05, 3.63) is 40.1 Å². The summed E-state index contributed by atoms with van der Waals surface area (Å²) in [4.78, 5) is 23.3. The zero-order valence-electron chi connectivity index (χ0n) is 16.2. The van der Waals surface area contributed by atoms with Crippen molar-refractivity contribution in [2.75, 3.05) is 23.3 Å². The normalized spacial score (nSPS) is 19.4. The summed E-state index contributed by atoms with van der Waals surface area (Å²) in [7, 11) is 0. The van der Waals surface area contributed by atoms with Crippen molar-refractivity contribution >= 4 is 11.6 Å². The lowest BCUT2D eigenvalue weighted by Gasteiger charge is -2.37. The van der Waals surface area contributed by atoms with Gasteiger partial charge in [-0.1, -0.05) is 0 Å². The summed E-state index contributed by atoms with van der Waals surface area (Å²) in [6.45, 7) is 5.77. The third-order valence-electron chi connectivity index (χ3n) is 5.60. The first-order chi connectivity index (χ1) is 13.1. The number of aromatic nitrogens is 4. The summed E-state index contributed by atoms with van der Waals surface area (Å²) >= 11 is 0. The Bertz CT molecular complexity index is 862. The lowest BCUT2D eigenvalue weighted by Crippen LogP contribution is -2.45. The first-order valence-corrected chi connectivity index (χ1v) is 10.1. The van der Waals surface area contributed by atoms with Gasteiger partial charge >= 0.3 is 0 Å². The van der Waals surface area contributed by atoms with Gasteiger partial charge in [0.05, 0.1) is 6.04 Å². The highest BCUT2D eigenvalue weighted by molar-refractivity contribution is 5.49. The minimum Gasteiger partial charge on any atom is -0.368 e. The molecule has 1 unspecified atom stereocenters. The Kier molecular flexibility index (Phi) is 5.09. The molecule has 1 N–H and O–H groups in total. The van der Waals surface area contributed by atoms with E-state index in [-0.39, 0.29) is 11.6 Å². The summed E-state index contributed by atoms with van der Waals surface area (Å²) in [5.41, 5.74) is 2.43. The Morgan fingerprint density at radius 3 is 2.93 bits per heavy atom. The van der Waals surface area contributed by atoms with E-state index in [4.69, 9.17) is 0 Å². The predicted molar refractivity (Wildman–Crippen MR) is 106 cm³/mol. The lowest BCUT2D eigenvalue weighted by atomic mass is 10.0. The van der Waals surface area contributed by atoms with E-state index in [0.29, 0.717) is 6.04 Å². The Labute approximate surface area is 159 Å². The first-order valence-electron chi connectivity index (χ1n) is 10.1. The molecule has 1 aliphatic heterocycles. The second kappa shape index (κ2) is 7.66. The Morgan fingerprint density at radius 1 is 1.19 bits per heavy atom. The Hall–Kier alpha value is -2.44. The van der Waals surface area contributed by atoms with Crippen molar-refractivity contribution in [2.45, 2.75) is 64.5 Å². The second-order valence-electron chi connectivity index (χ2n) is 7.79. The molecule has 2 aliphatic rings. The van der Waals surface area contributed by atoms with Crippen LogP contribution in [-0.4, -0.2) is 38.9 Å². The molecule has 2 aromatic heterocycles. The van der Waals surface area contributed by atoms with Crippen molar-refractivity contribution < 1.29 is 0 Å². The van der Waals surface area contributed by atoms with Gasteiger partial charge in [-0.3, -0.25) is 4.79 Å². The van der Waals surface area contributed by atoms with Crippen LogP contribution in [0.1, 0.15) is 56.8 Å². The topological polar surface area (TPSA) is 75.9 Å². The standard InChI is InChI=1S/C20H28N6O/c1-14(2)26-19(27)10-9-18(24-26)25-11-4-3-6-15(25)12-21-20-16-7-5-8-17(16)22-13-23-20/h9-10,13-15H,3-8,11-12H2,1-2H3,(H,21,22,23). The second-order valence-corrected chi connectivity index (χ2v) is 7.79. The maximum atomic E-state index is 12.1. The van der Waals surface area contributed by atoms with Gasteiger partial charge < -0.3 is 10.2 Å². The maximum Gasteiger partial charge on any atom is 0.267 e. The van der Waals surface area contributed by atoms with Crippen LogP contribution in [0.15, 0.2) is 23.3 Å². The molecule has 2 aromatic rings. The van der Waals surface area contributed by atoms with Gasteiger partial charge in [0.1, 0.15) is 18.0 Å². The van der Waals surface area contributed by atoms with Crippen LogP contribution >= 0.6 is 0 Å². The van der Waals surface area contributed by atoms with E-state index in [1.807, 2.05) is 19.9 Å². The number of piperidine rings is 1. The van der Waals surface area contributed by atoms with E-state index in [1.165, 1.54) is 24.1 Å². The lowest BCUT2D eigenvalue weighted by molar-refractivity contribution is 0.451. The van der Waals surface area contributed by atoms with Gasteiger partial charge in [0, 0.05) is 36.5 Å². The molecule has 3 heterocycles. The number of aryl methyl sites for hydroxylation is 1. The molecule has 0 aromatic carbocycles. The highest BCUT2D eigenvalue weighted by Crippen LogP contribution is 2.27. The van der Waals surface area contributed by atoms with Gasteiger partial charge in [-0.05, 0) is 58.4 Å². The fraction of sp³-hybridized carbons (Fsp3) is 0.600. The highest BCUT2D eigenvalue weighted by Gasteiger charge is 2.25. The molecule has 1 atom stereocenters. The molecule has 1 aliphatic carbocycles. The molecular weight excluding hydrogens is 340 g/mol. The largest absolute Gasteiger partial charge is 0.368 e. The zero-order valence-corrected chi connectivity index (χ0v) is 16.2. The predicted octanol–water partition coefficient (Wildman–Crippen LogP) is 2.57. The first kappa shape index (κ1) is 17.9. The molecule has 7 nitrogen and oxygen atoms in total. The number of hydrogen-bond donors (Lipinski definition) is 1. The van der Waals surface area contributed by atoms with Crippen LogP contribution < -0.4 is 15.8 Å². The van der Waals surface area contributed by atoms with Crippen LogP contribution in [0.2, 0.25) is 0 Å². The monoisotopic (exact) mass is 368 g/mol. The van der Waals surface area contributed by atoms with Crippen molar-refractivity contribution in [3.8, 4) is 0 Å². The van der Waals surface area contributed by atoms with Gasteiger partial charge in [0.2, 0.25) is 0 Å². The van der Waals surface area contributed by atoms with Crippen molar-refractivity contribution in [1.29, 1.82) is 0 Å². The number of nitrogens with zero attached hydrogens (tertiary/aromatic N) is 5. The maximum absolute atomic E-state index is 12.1. The van der Waals surface area contributed by atoms with Crippen molar-refractivity contribution in [1.82, 2.24) is 19.7 Å². The van der Waals surface area contributed by atoms with E-state index in [2.05, 4.69) is 25.3 Å². The average molecular weight is 368 g/mol. The quantitative estimate of drug-likeness (QED) is 0.874. The summed E-state index contributed by atoms with van der Waals surface area (Å²) < 4.78 is 1.58. The molecule has 0 saturated carbocycles. The van der Waals surface area contributed by atoms with Crippen LogP contribution in [0.25, 0.3) is 0 Å². The molecule has 0 radical (unpaired) electrons. The number of anilines is 2. The van der Waals surface area contributed by atoms with Crippen LogP contribution in [0.5, 0.6) is 0 Å². The minimum atomic E-state index is -0.0445. The third kappa shape index (κ3) is 3.68. The van der Waals surface area contributed by atoms with Crippen LogP contribution in [0, 0.1) is 0 Å². The van der Waals surface area contributed by atoms with Gasteiger partial charge in [-0.15, -0.1) is 0 Å². The third-order valence-corrected chi connectivity index (χ3v) is 5.60. The molecule has 7 heteroatoms. The average Bonchev–Trinajstić information content (AvgIpc) is 3.16. The van der Waals surface area contributed by atoms with E-state index in [9.17, 15) is 4.79 Å². The van der Waals surface area contributed by atoms with Crippen LogP contribution in [0.4, 0.5) is 11.6 Å². The number of fused-ring (bicyclic) bond motifs is 1. The SMILES string of the molecule is CC(C)n1nc(N2CCCCC2CNc2ncnc3c2CCC3)ccc1=O. The number of rotatable bonds is 5. The van der Waals surface area contributed by atoms with E-state index in [1.54, 1.807) is 17.1 Å². The molecule has 1 fully saturated rings. The molecule has 1 saturated heterocycles. The Morgan fingerprint density at radius 2 is 2.07 bits per heavy atom. The van der Waals surface area contributed by atoms with Gasteiger partial charge in [-0.25, -0.2) is 14.6 Å². The number of hydrogen-bond acceptors (Lipinski definition) is 6. The molecule has 144 valence electrons. The molecule has 27 heavy (non-hydrogen) atoms.